The van der Waals surface area contributed by atoms with Crippen LogP contribution in [0, 0.1) is 9.39 Å². The van der Waals surface area contributed by atoms with Gasteiger partial charge in [-0.1, -0.05) is 28.1 Å². The molecule has 0 radical (unpaired) electrons. The van der Waals surface area contributed by atoms with Crippen molar-refractivity contribution in [3.63, 3.8) is 0 Å². The van der Waals surface area contributed by atoms with Crippen molar-refractivity contribution >= 4 is 38.5 Å². The first-order chi connectivity index (χ1) is 9.10. The number of nitrogens with one attached hydrogen (secondary N) is 1. The largest absolute Gasteiger partial charge is 0.271 e. The van der Waals surface area contributed by atoms with E-state index in [-0.39, 0.29) is 11.9 Å². The standard InChI is InChI=1S/C14H13BrFIN2/c15-10-3-6-13(16)12(8-10)14(19-18)7-9-1-4-11(17)5-2-9/h1-6,8,14,19H,7,18H2. The summed E-state index contributed by atoms with van der Waals surface area (Å²) in [5, 5.41) is 0. The normalized spacial score (nSPS) is 12.4. The molecule has 0 heterocycles. The maximum atomic E-state index is 13.9. The number of halogens is 3. The summed E-state index contributed by atoms with van der Waals surface area (Å²) in [6.45, 7) is 0. The number of hydrazine groups is 1. The smallest absolute Gasteiger partial charge is 0.128 e. The molecule has 0 amide bonds. The molecule has 2 nitrogen and oxygen atoms in total. The van der Waals surface area contributed by atoms with Crippen LogP contribution in [0.2, 0.25) is 0 Å². The Kier molecular flexibility index (Phi) is 5.32. The lowest BCUT2D eigenvalue weighted by molar-refractivity contribution is 0.510. The summed E-state index contributed by atoms with van der Waals surface area (Å²) in [6, 6.07) is 12.7. The van der Waals surface area contributed by atoms with Gasteiger partial charge in [-0.15, -0.1) is 0 Å². The van der Waals surface area contributed by atoms with Gasteiger partial charge in [0.05, 0.1) is 6.04 Å². The molecule has 0 fully saturated rings. The molecule has 100 valence electrons. The minimum atomic E-state index is -0.253. The van der Waals surface area contributed by atoms with Gasteiger partial charge >= 0.3 is 0 Å². The summed E-state index contributed by atoms with van der Waals surface area (Å²) in [5.41, 5.74) is 4.37. The Morgan fingerprint density at radius 1 is 1.21 bits per heavy atom. The van der Waals surface area contributed by atoms with Gasteiger partial charge in [-0.3, -0.25) is 11.3 Å². The molecule has 19 heavy (non-hydrogen) atoms. The fraction of sp³-hybridized carbons (Fsp3) is 0.143. The van der Waals surface area contributed by atoms with Gasteiger partial charge in [0.2, 0.25) is 0 Å². The van der Waals surface area contributed by atoms with Crippen LogP contribution in [-0.2, 0) is 6.42 Å². The minimum absolute atomic E-state index is 0.252. The van der Waals surface area contributed by atoms with Crippen LogP contribution in [-0.4, -0.2) is 0 Å². The summed E-state index contributed by atoms with van der Waals surface area (Å²) in [4.78, 5) is 0. The molecule has 5 heteroatoms. The molecule has 3 N–H and O–H groups in total. The van der Waals surface area contributed by atoms with Gasteiger partial charge < -0.3 is 0 Å². The molecule has 1 unspecified atom stereocenters. The van der Waals surface area contributed by atoms with E-state index in [0.717, 1.165) is 10.0 Å². The van der Waals surface area contributed by atoms with Crippen molar-refractivity contribution in [3.05, 3.63) is 67.5 Å². The number of benzene rings is 2. The maximum absolute atomic E-state index is 13.9. The highest BCUT2D eigenvalue weighted by atomic mass is 127. The first kappa shape index (κ1) is 14.9. The van der Waals surface area contributed by atoms with Crippen LogP contribution in [0.15, 0.2) is 46.9 Å². The fourth-order valence-electron chi connectivity index (χ4n) is 1.90. The molecule has 0 aliphatic rings. The van der Waals surface area contributed by atoms with E-state index in [1.807, 2.05) is 24.3 Å². The molecule has 0 aromatic heterocycles. The number of hydrogen-bond acceptors (Lipinski definition) is 2. The summed E-state index contributed by atoms with van der Waals surface area (Å²) >= 11 is 5.61. The summed E-state index contributed by atoms with van der Waals surface area (Å²) in [7, 11) is 0. The van der Waals surface area contributed by atoms with Gasteiger partial charge in [-0.2, -0.15) is 0 Å². The summed E-state index contributed by atoms with van der Waals surface area (Å²) in [5.74, 6) is 5.31. The number of nitrogens with two attached hydrogens (primary N) is 1. The summed E-state index contributed by atoms with van der Waals surface area (Å²) in [6.07, 6.45) is 0.640. The van der Waals surface area contributed by atoms with Crippen molar-refractivity contribution in [2.75, 3.05) is 0 Å². The Hall–Kier alpha value is -0.500. The molecule has 0 saturated carbocycles. The van der Waals surface area contributed by atoms with Crippen LogP contribution in [0.1, 0.15) is 17.2 Å². The predicted molar refractivity (Wildman–Crippen MR) is 87.0 cm³/mol. The van der Waals surface area contributed by atoms with Crippen LogP contribution in [0.25, 0.3) is 0 Å². The third-order valence-corrected chi connectivity index (χ3v) is 4.10. The van der Waals surface area contributed by atoms with E-state index in [0.29, 0.717) is 12.0 Å². The van der Waals surface area contributed by atoms with Crippen LogP contribution >= 0.6 is 38.5 Å². The lowest BCUT2D eigenvalue weighted by Crippen LogP contribution is -2.30. The zero-order chi connectivity index (χ0) is 13.8. The van der Waals surface area contributed by atoms with Gasteiger partial charge in [-0.05, 0) is 64.9 Å². The monoisotopic (exact) mass is 434 g/mol. The van der Waals surface area contributed by atoms with Crippen molar-refractivity contribution < 1.29 is 4.39 Å². The first-order valence-corrected chi connectivity index (χ1v) is 7.63. The first-order valence-electron chi connectivity index (χ1n) is 5.75. The summed E-state index contributed by atoms with van der Waals surface area (Å²) < 4.78 is 15.9. The van der Waals surface area contributed by atoms with E-state index in [1.54, 1.807) is 12.1 Å². The predicted octanol–water partition coefficient (Wildman–Crippen LogP) is 3.94. The van der Waals surface area contributed by atoms with Crippen LogP contribution in [0.4, 0.5) is 4.39 Å². The van der Waals surface area contributed by atoms with E-state index in [9.17, 15) is 4.39 Å². The second-order valence-corrected chi connectivity index (χ2v) is 6.38. The highest BCUT2D eigenvalue weighted by molar-refractivity contribution is 14.1. The molecule has 2 rings (SSSR count). The van der Waals surface area contributed by atoms with E-state index >= 15 is 0 Å². The second-order valence-electron chi connectivity index (χ2n) is 4.22. The van der Waals surface area contributed by atoms with Crippen LogP contribution < -0.4 is 11.3 Å². The third-order valence-electron chi connectivity index (χ3n) is 2.89. The molecule has 1 atom stereocenters. The van der Waals surface area contributed by atoms with E-state index in [2.05, 4.69) is 43.9 Å². The van der Waals surface area contributed by atoms with Gasteiger partial charge in [0.15, 0.2) is 0 Å². The number of rotatable bonds is 4. The van der Waals surface area contributed by atoms with Crippen LogP contribution in [0.5, 0.6) is 0 Å². The van der Waals surface area contributed by atoms with Crippen LogP contribution in [0.3, 0.4) is 0 Å². The van der Waals surface area contributed by atoms with E-state index in [4.69, 9.17) is 5.84 Å². The lowest BCUT2D eigenvalue weighted by atomic mass is 9.99. The molecule has 0 aliphatic heterocycles. The molecule has 2 aromatic carbocycles. The lowest BCUT2D eigenvalue weighted by Gasteiger charge is -2.17. The fourth-order valence-corrected chi connectivity index (χ4v) is 2.63. The minimum Gasteiger partial charge on any atom is -0.271 e. The molecular weight excluding hydrogens is 422 g/mol. The Morgan fingerprint density at radius 3 is 2.53 bits per heavy atom. The third kappa shape index (κ3) is 3.98. The second kappa shape index (κ2) is 6.78. The average Bonchev–Trinajstić information content (AvgIpc) is 2.41. The van der Waals surface area contributed by atoms with Crippen molar-refractivity contribution in [1.29, 1.82) is 0 Å². The Bertz CT molecular complexity index is 560. The highest BCUT2D eigenvalue weighted by Gasteiger charge is 2.15. The molecule has 0 aliphatic carbocycles. The van der Waals surface area contributed by atoms with Gasteiger partial charge in [0.1, 0.15) is 5.82 Å². The zero-order valence-electron chi connectivity index (χ0n) is 10.0. The SMILES string of the molecule is NNC(Cc1ccc(I)cc1)c1cc(Br)ccc1F. The average molecular weight is 435 g/mol. The molecule has 0 saturated heterocycles. The quantitative estimate of drug-likeness (QED) is 0.434. The Balaban J connectivity index is 2.24. The van der Waals surface area contributed by atoms with Gasteiger partial charge in [0, 0.05) is 13.6 Å². The van der Waals surface area contributed by atoms with Crippen molar-refractivity contribution in [2.24, 2.45) is 5.84 Å². The van der Waals surface area contributed by atoms with E-state index < -0.39 is 0 Å². The Morgan fingerprint density at radius 2 is 1.89 bits per heavy atom. The van der Waals surface area contributed by atoms with E-state index in [1.165, 1.54) is 9.64 Å². The van der Waals surface area contributed by atoms with Gasteiger partial charge in [-0.25, -0.2) is 4.39 Å². The van der Waals surface area contributed by atoms with Gasteiger partial charge in [0.25, 0.3) is 0 Å². The topological polar surface area (TPSA) is 38.0 Å². The zero-order valence-corrected chi connectivity index (χ0v) is 13.8. The molecule has 2 aromatic rings. The molecule has 0 bridgehead atoms. The molecular formula is C14H13BrFIN2. The number of hydrogen-bond donors (Lipinski definition) is 2. The van der Waals surface area contributed by atoms with Crippen molar-refractivity contribution in [2.45, 2.75) is 12.5 Å². The van der Waals surface area contributed by atoms with Crippen molar-refractivity contribution in [1.82, 2.24) is 5.43 Å². The van der Waals surface area contributed by atoms with Crippen molar-refractivity contribution in [3.8, 4) is 0 Å². The molecule has 0 spiro atoms. The maximum Gasteiger partial charge on any atom is 0.128 e. The highest BCUT2D eigenvalue weighted by Crippen LogP contribution is 2.24. The Labute approximate surface area is 133 Å².